The van der Waals surface area contributed by atoms with Gasteiger partial charge in [0.05, 0.1) is 0 Å². The molecule has 1 heterocycles. The van der Waals surface area contributed by atoms with Crippen molar-refractivity contribution in [3.05, 3.63) is 24.0 Å². The molecule has 86 valence electrons. The van der Waals surface area contributed by atoms with Gasteiger partial charge in [0.15, 0.2) is 5.69 Å². The lowest BCUT2D eigenvalue weighted by Crippen LogP contribution is -2.26. The molecule has 0 unspecified atom stereocenters. The first-order valence-corrected chi connectivity index (χ1v) is 4.81. The van der Waals surface area contributed by atoms with Crippen LogP contribution >= 0.6 is 0 Å². The van der Waals surface area contributed by atoms with E-state index in [9.17, 15) is 14.7 Å². The molecule has 6 heteroatoms. The van der Waals surface area contributed by atoms with E-state index in [1.807, 2.05) is 0 Å². The number of carbonyl (C=O) groups excluding carboxylic acids is 2. The molecule has 0 bridgehead atoms. The average molecular weight is 223 g/mol. The van der Waals surface area contributed by atoms with E-state index < -0.39 is 11.8 Å². The number of pyridine rings is 1. The van der Waals surface area contributed by atoms with E-state index in [-0.39, 0.29) is 17.9 Å². The van der Waals surface area contributed by atoms with Gasteiger partial charge in [0.25, 0.3) is 5.91 Å². The molecular formula is C10H13N3O3. The maximum absolute atomic E-state index is 11.5. The van der Waals surface area contributed by atoms with E-state index in [2.05, 4.69) is 10.3 Å². The third-order valence-corrected chi connectivity index (χ3v) is 1.89. The Morgan fingerprint density at radius 3 is 2.88 bits per heavy atom. The van der Waals surface area contributed by atoms with Gasteiger partial charge in [-0.1, -0.05) is 0 Å². The summed E-state index contributed by atoms with van der Waals surface area (Å²) < 4.78 is 0. The lowest BCUT2D eigenvalue weighted by atomic mass is 10.2. The number of nitrogens with one attached hydrogen (secondary N) is 1. The molecular weight excluding hydrogens is 210 g/mol. The van der Waals surface area contributed by atoms with Crippen molar-refractivity contribution in [3.8, 4) is 5.75 Å². The summed E-state index contributed by atoms with van der Waals surface area (Å²) >= 11 is 0. The SMILES string of the molecule is NC(=O)CCCNC(=O)c1ncccc1O. The number of carbonyl (C=O) groups is 2. The normalized spacial score (nSPS) is 9.75. The summed E-state index contributed by atoms with van der Waals surface area (Å²) in [4.78, 5) is 25.6. The first kappa shape index (κ1) is 12.0. The molecule has 1 aromatic heterocycles. The second-order valence-electron chi connectivity index (χ2n) is 3.20. The Hall–Kier alpha value is -2.11. The number of hydrogen-bond acceptors (Lipinski definition) is 4. The van der Waals surface area contributed by atoms with Crippen LogP contribution in [0.5, 0.6) is 5.75 Å². The molecule has 0 aliphatic rings. The largest absolute Gasteiger partial charge is 0.505 e. The molecule has 0 radical (unpaired) electrons. The minimum absolute atomic E-state index is 0.0263. The van der Waals surface area contributed by atoms with E-state index in [0.29, 0.717) is 13.0 Å². The van der Waals surface area contributed by atoms with E-state index in [0.717, 1.165) is 0 Å². The Kier molecular flexibility index (Phi) is 4.26. The third kappa shape index (κ3) is 3.56. The monoisotopic (exact) mass is 223 g/mol. The van der Waals surface area contributed by atoms with Crippen LogP contribution in [0.1, 0.15) is 23.3 Å². The van der Waals surface area contributed by atoms with Crippen molar-refractivity contribution in [1.29, 1.82) is 0 Å². The summed E-state index contributed by atoms with van der Waals surface area (Å²) in [5.74, 6) is -1.05. The van der Waals surface area contributed by atoms with Gasteiger partial charge in [0, 0.05) is 19.2 Å². The van der Waals surface area contributed by atoms with Crippen molar-refractivity contribution in [3.63, 3.8) is 0 Å². The predicted molar refractivity (Wildman–Crippen MR) is 56.7 cm³/mol. The summed E-state index contributed by atoms with van der Waals surface area (Å²) in [7, 11) is 0. The van der Waals surface area contributed by atoms with Gasteiger partial charge in [-0.05, 0) is 18.6 Å². The minimum atomic E-state index is -0.470. The topological polar surface area (TPSA) is 105 Å². The molecule has 0 spiro atoms. The Morgan fingerprint density at radius 2 is 2.25 bits per heavy atom. The van der Waals surface area contributed by atoms with Gasteiger partial charge < -0.3 is 16.2 Å². The molecule has 1 rings (SSSR count). The Bertz CT molecular complexity index is 393. The maximum Gasteiger partial charge on any atom is 0.273 e. The standard InChI is InChI=1S/C10H13N3O3/c11-8(15)4-2-6-13-10(16)9-7(14)3-1-5-12-9/h1,3,5,14H,2,4,6H2,(H2,11,15)(H,13,16). The molecule has 0 aliphatic heterocycles. The van der Waals surface area contributed by atoms with Crippen molar-refractivity contribution in [2.24, 2.45) is 5.73 Å². The molecule has 0 fully saturated rings. The zero-order chi connectivity index (χ0) is 12.0. The molecule has 4 N–H and O–H groups in total. The van der Waals surface area contributed by atoms with Gasteiger partial charge in [-0.2, -0.15) is 0 Å². The average Bonchev–Trinajstić information content (AvgIpc) is 2.24. The lowest BCUT2D eigenvalue weighted by Gasteiger charge is -2.04. The Balaban J connectivity index is 2.41. The number of rotatable bonds is 5. The lowest BCUT2D eigenvalue weighted by molar-refractivity contribution is -0.118. The number of nitrogens with zero attached hydrogens (tertiary/aromatic N) is 1. The maximum atomic E-state index is 11.5. The summed E-state index contributed by atoms with van der Waals surface area (Å²) in [6.07, 6.45) is 2.10. The fourth-order valence-electron chi connectivity index (χ4n) is 1.12. The molecule has 0 aliphatic carbocycles. The smallest absolute Gasteiger partial charge is 0.273 e. The fraction of sp³-hybridized carbons (Fsp3) is 0.300. The summed E-state index contributed by atoms with van der Waals surface area (Å²) in [5.41, 5.74) is 4.91. The van der Waals surface area contributed by atoms with E-state index in [1.165, 1.54) is 18.3 Å². The number of hydrogen-bond donors (Lipinski definition) is 3. The number of nitrogens with two attached hydrogens (primary N) is 1. The van der Waals surface area contributed by atoms with Crippen LogP contribution in [-0.4, -0.2) is 28.4 Å². The van der Waals surface area contributed by atoms with Gasteiger partial charge in [-0.25, -0.2) is 4.98 Å². The van der Waals surface area contributed by atoms with Crippen LogP contribution in [0.4, 0.5) is 0 Å². The van der Waals surface area contributed by atoms with Crippen LogP contribution in [0.15, 0.2) is 18.3 Å². The Morgan fingerprint density at radius 1 is 1.50 bits per heavy atom. The summed E-state index contributed by atoms with van der Waals surface area (Å²) in [6.45, 7) is 0.317. The minimum Gasteiger partial charge on any atom is -0.505 e. The number of aromatic nitrogens is 1. The van der Waals surface area contributed by atoms with Crippen LogP contribution < -0.4 is 11.1 Å². The van der Waals surface area contributed by atoms with E-state index in [1.54, 1.807) is 0 Å². The molecule has 6 nitrogen and oxygen atoms in total. The van der Waals surface area contributed by atoms with Gasteiger partial charge in [-0.15, -0.1) is 0 Å². The number of amides is 2. The summed E-state index contributed by atoms with van der Waals surface area (Å²) in [6, 6.07) is 2.91. The fourth-order valence-corrected chi connectivity index (χ4v) is 1.12. The van der Waals surface area contributed by atoms with Crippen LogP contribution in [0, 0.1) is 0 Å². The molecule has 2 amide bonds. The molecule has 16 heavy (non-hydrogen) atoms. The number of aromatic hydroxyl groups is 1. The first-order valence-electron chi connectivity index (χ1n) is 4.81. The summed E-state index contributed by atoms with van der Waals surface area (Å²) in [5, 5.41) is 11.9. The quantitative estimate of drug-likeness (QED) is 0.600. The molecule has 0 saturated heterocycles. The second-order valence-corrected chi connectivity index (χ2v) is 3.20. The highest BCUT2D eigenvalue weighted by molar-refractivity contribution is 5.94. The van der Waals surface area contributed by atoms with Gasteiger partial charge in [0.2, 0.25) is 5.91 Å². The highest BCUT2D eigenvalue weighted by Gasteiger charge is 2.10. The van der Waals surface area contributed by atoms with Crippen LogP contribution in [0.25, 0.3) is 0 Å². The molecule has 1 aromatic rings. The molecule has 0 atom stereocenters. The first-order chi connectivity index (χ1) is 7.61. The van der Waals surface area contributed by atoms with Crippen molar-refractivity contribution >= 4 is 11.8 Å². The third-order valence-electron chi connectivity index (χ3n) is 1.89. The van der Waals surface area contributed by atoms with E-state index >= 15 is 0 Å². The van der Waals surface area contributed by atoms with Gasteiger partial charge in [-0.3, -0.25) is 9.59 Å². The van der Waals surface area contributed by atoms with Crippen LogP contribution in [0.2, 0.25) is 0 Å². The van der Waals surface area contributed by atoms with Crippen LogP contribution in [0.3, 0.4) is 0 Å². The van der Waals surface area contributed by atoms with Crippen molar-refractivity contribution in [1.82, 2.24) is 10.3 Å². The van der Waals surface area contributed by atoms with E-state index in [4.69, 9.17) is 5.73 Å². The van der Waals surface area contributed by atoms with Gasteiger partial charge in [0.1, 0.15) is 5.75 Å². The second kappa shape index (κ2) is 5.69. The molecule has 0 aromatic carbocycles. The van der Waals surface area contributed by atoms with Crippen molar-refractivity contribution in [2.75, 3.05) is 6.54 Å². The Labute approximate surface area is 92.5 Å². The molecule has 0 saturated carbocycles. The van der Waals surface area contributed by atoms with Crippen molar-refractivity contribution < 1.29 is 14.7 Å². The van der Waals surface area contributed by atoms with Crippen molar-refractivity contribution in [2.45, 2.75) is 12.8 Å². The highest BCUT2D eigenvalue weighted by atomic mass is 16.3. The van der Waals surface area contributed by atoms with Crippen LogP contribution in [-0.2, 0) is 4.79 Å². The zero-order valence-corrected chi connectivity index (χ0v) is 8.64. The zero-order valence-electron chi connectivity index (χ0n) is 8.64. The number of primary amides is 1. The predicted octanol–water partition coefficient (Wildman–Crippen LogP) is -0.218. The highest BCUT2D eigenvalue weighted by Crippen LogP contribution is 2.11. The van der Waals surface area contributed by atoms with Gasteiger partial charge >= 0.3 is 0 Å².